The summed E-state index contributed by atoms with van der Waals surface area (Å²) in [6.07, 6.45) is 0. The van der Waals surface area contributed by atoms with Crippen molar-refractivity contribution >= 4 is 0 Å². The zero-order valence-corrected chi connectivity index (χ0v) is 5.38. The maximum absolute atomic E-state index is 12.2. The molecule has 0 aromatic heterocycles. The molecule has 1 aromatic rings. The van der Waals surface area contributed by atoms with E-state index in [-0.39, 0.29) is 5.82 Å². The van der Waals surface area contributed by atoms with E-state index in [1.54, 1.807) is 12.1 Å². The molecule has 3 heteroatoms. The summed E-state index contributed by atoms with van der Waals surface area (Å²) in [5, 5.41) is 9.97. The van der Waals surface area contributed by atoms with E-state index >= 15 is 0 Å². The smallest absolute Gasteiger partial charge is 0.123 e. The molecule has 0 amide bonds. The van der Waals surface area contributed by atoms with Gasteiger partial charge in [-0.05, 0) is 12.1 Å². The molecule has 0 heterocycles. The zero-order chi connectivity index (χ0) is 7.40. The summed E-state index contributed by atoms with van der Waals surface area (Å²) in [5.41, 5.74) is 1.64. The Labute approximate surface area is 58.3 Å². The van der Waals surface area contributed by atoms with E-state index in [4.69, 9.17) is 0 Å². The van der Waals surface area contributed by atoms with Crippen molar-refractivity contribution in [1.29, 1.82) is 0 Å². The summed E-state index contributed by atoms with van der Waals surface area (Å²) in [4.78, 5) is 0. The molecule has 0 radical (unpaired) electrons. The topological polar surface area (TPSA) is 39.7 Å². The Kier molecular flexibility index (Phi) is 2.36. The van der Waals surface area contributed by atoms with Crippen LogP contribution in [0.15, 0.2) is 24.3 Å². The largest absolute Gasteiger partial charge is 0.636 e. The van der Waals surface area contributed by atoms with Gasteiger partial charge < -0.3 is 10.7 Å². The summed E-state index contributed by atoms with van der Waals surface area (Å²) < 4.78 is 12.2. The highest BCUT2D eigenvalue weighted by Gasteiger charge is 1.90. The average molecular weight is 141 g/mol. The van der Waals surface area contributed by atoms with Crippen LogP contribution >= 0.6 is 0 Å². The van der Waals surface area contributed by atoms with E-state index in [0.717, 1.165) is 11.0 Å². The Morgan fingerprint density at radius 1 is 1.30 bits per heavy atom. The van der Waals surface area contributed by atoms with E-state index in [2.05, 4.69) is 0 Å². The molecule has 10 heavy (non-hydrogen) atoms. The Balaban J connectivity index is 2.69. The van der Waals surface area contributed by atoms with E-state index in [0.29, 0.717) is 6.54 Å². The van der Waals surface area contributed by atoms with Gasteiger partial charge in [0.05, 0.1) is 0 Å². The van der Waals surface area contributed by atoms with Crippen molar-refractivity contribution in [3.63, 3.8) is 0 Å². The Hall–Kier alpha value is -0.930. The van der Waals surface area contributed by atoms with Gasteiger partial charge in [0, 0.05) is 5.56 Å². The summed E-state index contributed by atoms with van der Waals surface area (Å²) >= 11 is 0. The maximum Gasteiger partial charge on any atom is 0.123 e. The normalized spacial score (nSPS) is 9.80. The van der Waals surface area contributed by atoms with Crippen LogP contribution in [-0.4, -0.2) is 0 Å². The monoisotopic (exact) mass is 141 g/mol. The van der Waals surface area contributed by atoms with Gasteiger partial charge in [0.2, 0.25) is 0 Å². The number of hydroxylamine groups is 1. The molecule has 0 spiro atoms. The summed E-state index contributed by atoms with van der Waals surface area (Å²) in [6, 6.07) is 5.89. The lowest BCUT2D eigenvalue weighted by molar-refractivity contribution is -0.605. The van der Waals surface area contributed by atoms with Gasteiger partial charge in [-0.15, -0.1) is 0 Å². The molecule has 0 fully saturated rings. The third-order valence-corrected chi connectivity index (χ3v) is 1.23. The summed E-state index contributed by atoms with van der Waals surface area (Å²) in [6.45, 7) is 0.361. The van der Waals surface area contributed by atoms with Gasteiger partial charge >= 0.3 is 0 Å². The van der Waals surface area contributed by atoms with E-state index < -0.39 is 0 Å². The number of nitrogens with two attached hydrogens (primary N) is 1. The molecule has 0 aliphatic heterocycles. The SMILES string of the molecule is [O-][NH2+]Cc1ccc(F)cc1. The Bertz CT molecular complexity index is 197. The number of halogens is 1. The van der Waals surface area contributed by atoms with E-state index in [1.165, 1.54) is 12.1 Å². The molecular weight excluding hydrogens is 133 g/mol. The lowest BCUT2D eigenvalue weighted by Gasteiger charge is -2.00. The van der Waals surface area contributed by atoms with Crippen LogP contribution in [0.5, 0.6) is 0 Å². The molecular formula is C7H8FNO. The van der Waals surface area contributed by atoms with Crippen LogP contribution in [0.2, 0.25) is 0 Å². The van der Waals surface area contributed by atoms with Crippen LogP contribution in [-0.2, 0) is 6.54 Å². The fourth-order valence-corrected chi connectivity index (χ4v) is 0.717. The molecule has 2 nitrogen and oxygen atoms in total. The highest BCUT2D eigenvalue weighted by molar-refractivity contribution is 5.14. The van der Waals surface area contributed by atoms with Crippen molar-refractivity contribution in [3.05, 3.63) is 40.9 Å². The van der Waals surface area contributed by atoms with Crippen LogP contribution in [0.1, 0.15) is 5.56 Å². The molecule has 0 bridgehead atoms. The number of rotatable bonds is 2. The number of hydrogen-bond acceptors (Lipinski definition) is 1. The van der Waals surface area contributed by atoms with E-state index in [9.17, 15) is 9.60 Å². The minimum absolute atomic E-state index is 0.269. The second-order valence-corrected chi connectivity index (χ2v) is 2.00. The fourth-order valence-electron chi connectivity index (χ4n) is 0.717. The first-order valence-corrected chi connectivity index (χ1v) is 3.01. The van der Waals surface area contributed by atoms with Crippen molar-refractivity contribution < 1.29 is 9.87 Å². The maximum atomic E-state index is 12.2. The molecule has 0 unspecified atom stereocenters. The van der Waals surface area contributed by atoms with Crippen molar-refractivity contribution in [1.82, 2.24) is 0 Å². The highest BCUT2D eigenvalue weighted by Crippen LogP contribution is 1.99. The second kappa shape index (κ2) is 3.29. The molecule has 1 aromatic carbocycles. The minimum atomic E-state index is -0.269. The van der Waals surface area contributed by atoms with Crippen LogP contribution in [0.4, 0.5) is 4.39 Å². The third-order valence-electron chi connectivity index (χ3n) is 1.23. The van der Waals surface area contributed by atoms with Crippen molar-refractivity contribution in [2.24, 2.45) is 0 Å². The standard InChI is InChI=1S/C7H8FNO/c8-7-3-1-6(2-4-7)5-9-10/h1-4H,5,9H2. The molecule has 54 valence electrons. The molecule has 0 aliphatic rings. The third kappa shape index (κ3) is 1.79. The molecule has 0 saturated carbocycles. The van der Waals surface area contributed by atoms with Gasteiger partial charge in [-0.25, -0.2) is 4.39 Å². The predicted molar refractivity (Wildman–Crippen MR) is 35.4 cm³/mol. The predicted octanol–water partition coefficient (Wildman–Crippen LogP) is 0.387. The summed E-state index contributed by atoms with van der Waals surface area (Å²) in [7, 11) is 0. The fraction of sp³-hybridized carbons (Fsp3) is 0.143. The lowest BCUT2D eigenvalue weighted by Crippen LogP contribution is -2.75. The number of benzene rings is 1. The van der Waals surface area contributed by atoms with Crippen LogP contribution in [0, 0.1) is 11.0 Å². The average Bonchev–Trinajstić information content (AvgIpc) is 1.95. The first kappa shape index (κ1) is 7.18. The van der Waals surface area contributed by atoms with Gasteiger partial charge in [0.1, 0.15) is 12.4 Å². The quantitative estimate of drug-likeness (QED) is 0.594. The first-order chi connectivity index (χ1) is 4.83. The summed E-state index contributed by atoms with van der Waals surface area (Å²) in [5.74, 6) is -0.269. The Morgan fingerprint density at radius 2 is 1.90 bits per heavy atom. The molecule has 0 aliphatic carbocycles. The molecule has 1 rings (SSSR count). The second-order valence-electron chi connectivity index (χ2n) is 2.00. The highest BCUT2D eigenvalue weighted by atomic mass is 19.1. The lowest BCUT2D eigenvalue weighted by atomic mass is 10.2. The van der Waals surface area contributed by atoms with Gasteiger partial charge in [0.25, 0.3) is 0 Å². The van der Waals surface area contributed by atoms with E-state index in [1.807, 2.05) is 0 Å². The van der Waals surface area contributed by atoms with Crippen LogP contribution in [0.25, 0.3) is 0 Å². The van der Waals surface area contributed by atoms with Crippen LogP contribution < -0.4 is 5.48 Å². The Morgan fingerprint density at radius 3 is 2.40 bits per heavy atom. The van der Waals surface area contributed by atoms with Gasteiger partial charge in [-0.3, -0.25) is 0 Å². The molecule has 0 saturated heterocycles. The van der Waals surface area contributed by atoms with Gasteiger partial charge in [-0.2, -0.15) is 0 Å². The van der Waals surface area contributed by atoms with Gasteiger partial charge in [0.15, 0.2) is 0 Å². The van der Waals surface area contributed by atoms with Crippen molar-refractivity contribution in [3.8, 4) is 0 Å². The zero-order valence-electron chi connectivity index (χ0n) is 5.38. The van der Waals surface area contributed by atoms with Gasteiger partial charge in [-0.1, -0.05) is 12.1 Å². The number of quaternary nitrogens is 1. The molecule has 0 atom stereocenters. The van der Waals surface area contributed by atoms with Crippen molar-refractivity contribution in [2.75, 3.05) is 0 Å². The minimum Gasteiger partial charge on any atom is -0.636 e. The molecule has 2 N–H and O–H groups in total. The van der Waals surface area contributed by atoms with Crippen molar-refractivity contribution in [2.45, 2.75) is 6.54 Å². The number of hydrogen-bond donors (Lipinski definition) is 1. The van der Waals surface area contributed by atoms with Crippen LogP contribution in [0.3, 0.4) is 0 Å². The first-order valence-electron chi connectivity index (χ1n) is 3.01.